The second-order valence-corrected chi connectivity index (χ2v) is 7.22. The Labute approximate surface area is 179 Å². The predicted octanol–water partition coefficient (Wildman–Crippen LogP) is 5.55. The van der Waals surface area contributed by atoms with E-state index in [4.69, 9.17) is 13.9 Å². The van der Waals surface area contributed by atoms with E-state index in [-0.39, 0.29) is 39.2 Å². The van der Waals surface area contributed by atoms with E-state index in [2.05, 4.69) is 13.2 Å². The number of hydrogen-bond acceptors (Lipinski definition) is 6. The Morgan fingerprint density at radius 3 is 2.06 bits per heavy atom. The fraction of sp³-hybridized carbons (Fsp3) is 0.160. The van der Waals surface area contributed by atoms with Crippen LogP contribution in [-0.2, 0) is 0 Å². The largest absolute Gasteiger partial charge is 0.506 e. The Hall–Kier alpha value is -3.93. The molecular weight excluding hydrogens is 396 g/mol. The molecule has 0 aliphatic rings. The van der Waals surface area contributed by atoms with Crippen LogP contribution >= 0.6 is 0 Å². The number of fused-ring (bicyclic) bond motifs is 2. The van der Waals surface area contributed by atoms with Gasteiger partial charge in [-0.15, -0.1) is 0 Å². The molecule has 0 spiro atoms. The molecule has 0 unspecified atom stereocenters. The third-order valence-corrected chi connectivity index (χ3v) is 4.69. The van der Waals surface area contributed by atoms with Gasteiger partial charge in [-0.05, 0) is 26.0 Å². The molecule has 6 heteroatoms. The van der Waals surface area contributed by atoms with Gasteiger partial charge in [-0.25, -0.2) is 0 Å². The number of phenolic OH excluding ortho intramolecular Hbond substituents is 2. The highest BCUT2D eigenvalue weighted by Crippen LogP contribution is 2.41. The first-order valence-corrected chi connectivity index (χ1v) is 9.47. The minimum Gasteiger partial charge on any atom is -0.506 e. The Balaban J connectivity index is 2.53. The second kappa shape index (κ2) is 8.44. The summed E-state index contributed by atoms with van der Waals surface area (Å²) < 4.78 is 16.6. The van der Waals surface area contributed by atoms with Crippen LogP contribution in [0.5, 0.6) is 23.0 Å². The van der Waals surface area contributed by atoms with Crippen LogP contribution in [0.3, 0.4) is 0 Å². The number of methoxy groups -OCH3 is 2. The first-order valence-electron chi connectivity index (χ1n) is 9.47. The molecule has 0 saturated heterocycles. The van der Waals surface area contributed by atoms with Gasteiger partial charge in [0, 0.05) is 17.7 Å². The molecule has 1 heterocycles. The summed E-state index contributed by atoms with van der Waals surface area (Å²) in [7, 11) is 2.85. The quantitative estimate of drug-likeness (QED) is 0.401. The number of allylic oxidation sites excluding steroid dienone is 4. The van der Waals surface area contributed by atoms with E-state index in [9.17, 15) is 15.0 Å². The molecule has 1 aromatic heterocycles. The van der Waals surface area contributed by atoms with Crippen molar-refractivity contribution in [1.29, 1.82) is 0 Å². The highest BCUT2D eigenvalue weighted by Gasteiger charge is 2.22. The van der Waals surface area contributed by atoms with Gasteiger partial charge < -0.3 is 24.1 Å². The summed E-state index contributed by atoms with van der Waals surface area (Å²) in [6.45, 7) is 11.2. The molecule has 0 bridgehead atoms. The van der Waals surface area contributed by atoms with Crippen molar-refractivity contribution in [2.45, 2.75) is 13.8 Å². The fourth-order valence-corrected chi connectivity index (χ4v) is 3.30. The average molecular weight is 420 g/mol. The lowest BCUT2D eigenvalue weighted by molar-refractivity contribution is 0.373. The molecule has 2 aromatic carbocycles. The monoisotopic (exact) mass is 420 g/mol. The molecule has 2 N–H and O–H groups in total. The summed E-state index contributed by atoms with van der Waals surface area (Å²) in [5.74, 6) is -0.0161. The maximum atomic E-state index is 13.5. The number of hydrogen-bond donors (Lipinski definition) is 2. The Kier molecular flexibility index (Phi) is 5.92. The SMILES string of the molecule is C=C(C)/C=C/c1c(OC)cc2oc3cc(O)c(OC)c(/C=C/C(=C)C)c3c(=O)c2c1O. The van der Waals surface area contributed by atoms with Crippen molar-refractivity contribution in [1.82, 2.24) is 0 Å². The second-order valence-electron chi connectivity index (χ2n) is 7.22. The van der Waals surface area contributed by atoms with Crippen molar-refractivity contribution in [3.05, 3.63) is 69.9 Å². The van der Waals surface area contributed by atoms with Gasteiger partial charge >= 0.3 is 0 Å². The molecule has 0 aliphatic heterocycles. The van der Waals surface area contributed by atoms with Gasteiger partial charge in [0.1, 0.15) is 28.1 Å². The first kappa shape index (κ1) is 21.8. The average Bonchev–Trinajstić information content (AvgIpc) is 2.70. The van der Waals surface area contributed by atoms with Gasteiger partial charge in [-0.3, -0.25) is 4.79 Å². The smallest absolute Gasteiger partial charge is 0.205 e. The minimum absolute atomic E-state index is 0.00705. The molecule has 31 heavy (non-hydrogen) atoms. The van der Waals surface area contributed by atoms with Crippen molar-refractivity contribution in [2.24, 2.45) is 0 Å². The molecule has 3 aromatic rings. The zero-order valence-corrected chi connectivity index (χ0v) is 17.9. The van der Waals surface area contributed by atoms with Crippen LogP contribution in [0.4, 0.5) is 0 Å². The normalized spacial score (nSPS) is 11.6. The van der Waals surface area contributed by atoms with Crippen molar-refractivity contribution in [3.8, 4) is 23.0 Å². The highest BCUT2D eigenvalue weighted by molar-refractivity contribution is 6.01. The molecule has 0 amide bonds. The zero-order valence-electron chi connectivity index (χ0n) is 17.9. The molecule has 3 rings (SSSR count). The summed E-state index contributed by atoms with van der Waals surface area (Å²) in [4.78, 5) is 13.5. The van der Waals surface area contributed by atoms with E-state index >= 15 is 0 Å². The van der Waals surface area contributed by atoms with Gasteiger partial charge in [-0.1, -0.05) is 36.5 Å². The number of benzene rings is 2. The molecule has 0 atom stereocenters. The maximum absolute atomic E-state index is 13.5. The highest BCUT2D eigenvalue weighted by atomic mass is 16.5. The lowest BCUT2D eigenvalue weighted by atomic mass is 10.0. The van der Waals surface area contributed by atoms with Crippen molar-refractivity contribution in [2.75, 3.05) is 14.2 Å². The predicted molar refractivity (Wildman–Crippen MR) is 124 cm³/mol. The van der Waals surface area contributed by atoms with E-state index < -0.39 is 5.43 Å². The number of rotatable bonds is 6. The third kappa shape index (κ3) is 3.92. The van der Waals surface area contributed by atoms with Crippen LogP contribution in [0.25, 0.3) is 34.1 Å². The summed E-state index contributed by atoms with van der Waals surface area (Å²) in [5, 5.41) is 21.5. The number of phenols is 2. The molecule has 160 valence electrons. The van der Waals surface area contributed by atoms with E-state index in [1.54, 1.807) is 31.2 Å². The molecule has 0 radical (unpaired) electrons. The van der Waals surface area contributed by atoms with Gasteiger partial charge in [-0.2, -0.15) is 0 Å². The third-order valence-electron chi connectivity index (χ3n) is 4.69. The Morgan fingerprint density at radius 2 is 1.52 bits per heavy atom. The summed E-state index contributed by atoms with van der Waals surface area (Å²) in [5.41, 5.74) is 1.95. The molecule has 6 nitrogen and oxygen atoms in total. The van der Waals surface area contributed by atoms with Crippen molar-refractivity contribution < 1.29 is 24.1 Å². The summed E-state index contributed by atoms with van der Waals surface area (Å²) in [6, 6.07) is 2.84. The standard InChI is InChI=1S/C25H24O6/c1-13(2)7-9-15-18(29-5)12-20-22(23(15)27)24(28)21-16(10-8-14(3)4)25(30-6)17(26)11-19(21)31-20/h7-12,26-27H,1,3H2,2,4-6H3/b9-7+,10-8+. The van der Waals surface area contributed by atoms with Crippen molar-refractivity contribution in [3.63, 3.8) is 0 Å². The molecule has 0 aliphatic carbocycles. The number of aromatic hydroxyl groups is 2. The topological polar surface area (TPSA) is 89.1 Å². The van der Waals surface area contributed by atoms with E-state index in [0.29, 0.717) is 16.9 Å². The van der Waals surface area contributed by atoms with Crippen LogP contribution in [-0.4, -0.2) is 24.4 Å². The van der Waals surface area contributed by atoms with Gasteiger partial charge in [0.2, 0.25) is 5.43 Å². The van der Waals surface area contributed by atoms with Gasteiger partial charge in [0.05, 0.1) is 25.2 Å². The lowest BCUT2D eigenvalue weighted by Gasteiger charge is -2.14. The molecular formula is C25H24O6. The summed E-state index contributed by atoms with van der Waals surface area (Å²) in [6.07, 6.45) is 6.64. The first-order chi connectivity index (χ1) is 14.7. The minimum atomic E-state index is -0.471. The Morgan fingerprint density at radius 1 is 0.935 bits per heavy atom. The van der Waals surface area contributed by atoms with Gasteiger partial charge in [0.15, 0.2) is 11.5 Å². The molecule has 0 fully saturated rings. The van der Waals surface area contributed by atoms with Crippen LogP contribution in [0.1, 0.15) is 25.0 Å². The van der Waals surface area contributed by atoms with Crippen LogP contribution in [0.2, 0.25) is 0 Å². The van der Waals surface area contributed by atoms with Crippen molar-refractivity contribution >= 4 is 34.1 Å². The number of ether oxygens (including phenoxy) is 2. The maximum Gasteiger partial charge on any atom is 0.205 e. The summed E-state index contributed by atoms with van der Waals surface area (Å²) >= 11 is 0. The van der Waals surface area contributed by atoms with Gasteiger partial charge in [0.25, 0.3) is 0 Å². The zero-order chi connectivity index (χ0) is 22.9. The lowest BCUT2D eigenvalue weighted by Crippen LogP contribution is -2.06. The fourth-order valence-electron chi connectivity index (χ4n) is 3.30. The Bertz CT molecular complexity index is 1340. The van der Waals surface area contributed by atoms with Crippen LogP contribution < -0.4 is 14.9 Å². The van der Waals surface area contributed by atoms with Crippen LogP contribution in [0.15, 0.2) is 57.8 Å². The van der Waals surface area contributed by atoms with E-state index in [1.165, 1.54) is 26.4 Å². The van der Waals surface area contributed by atoms with Crippen LogP contribution in [0, 0.1) is 0 Å². The van der Waals surface area contributed by atoms with E-state index in [0.717, 1.165) is 11.1 Å². The van der Waals surface area contributed by atoms with E-state index in [1.807, 2.05) is 6.92 Å². The molecule has 0 saturated carbocycles.